The highest BCUT2D eigenvalue weighted by Crippen LogP contribution is 2.27. The maximum atomic E-state index is 5.72. The standard InChI is InChI=1S/C15H19N3O/c1-10-8-13(19-3)4-5-14(10)15(18-16)12-6-7-17-11(2)9-12/h4-9,15,18H,16H2,1-3H3. The molecule has 0 aliphatic carbocycles. The van der Waals surface area contributed by atoms with Crippen LogP contribution in [0.25, 0.3) is 0 Å². The number of benzene rings is 1. The van der Waals surface area contributed by atoms with Crippen LogP contribution in [0.2, 0.25) is 0 Å². The van der Waals surface area contributed by atoms with Crippen molar-refractivity contribution >= 4 is 0 Å². The molecular weight excluding hydrogens is 238 g/mol. The Morgan fingerprint density at radius 1 is 1.21 bits per heavy atom. The fourth-order valence-electron chi connectivity index (χ4n) is 2.21. The fraction of sp³-hybridized carbons (Fsp3) is 0.267. The fourth-order valence-corrected chi connectivity index (χ4v) is 2.21. The van der Waals surface area contributed by atoms with Crippen LogP contribution in [0.3, 0.4) is 0 Å². The summed E-state index contributed by atoms with van der Waals surface area (Å²) in [7, 11) is 1.67. The summed E-state index contributed by atoms with van der Waals surface area (Å²) >= 11 is 0. The van der Waals surface area contributed by atoms with E-state index < -0.39 is 0 Å². The van der Waals surface area contributed by atoms with Crippen molar-refractivity contribution in [1.29, 1.82) is 0 Å². The van der Waals surface area contributed by atoms with E-state index in [1.807, 2.05) is 37.3 Å². The lowest BCUT2D eigenvalue weighted by Gasteiger charge is -2.19. The van der Waals surface area contributed by atoms with Crippen molar-refractivity contribution in [2.75, 3.05) is 7.11 Å². The predicted molar refractivity (Wildman–Crippen MR) is 75.9 cm³/mol. The van der Waals surface area contributed by atoms with Gasteiger partial charge in [0.15, 0.2) is 0 Å². The molecule has 0 radical (unpaired) electrons. The number of aromatic nitrogens is 1. The number of nitrogens with two attached hydrogens (primary N) is 1. The van der Waals surface area contributed by atoms with E-state index in [1.54, 1.807) is 13.3 Å². The Morgan fingerprint density at radius 2 is 2.00 bits per heavy atom. The SMILES string of the molecule is COc1ccc(C(NN)c2ccnc(C)c2)c(C)c1. The van der Waals surface area contributed by atoms with E-state index in [0.29, 0.717) is 0 Å². The summed E-state index contributed by atoms with van der Waals surface area (Å²) in [5, 5.41) is 0. The lowest BCUT2D eigenvalue weighted by atomic mass is 9.95. The molecule has 0 aliphatic rings. The molecule has 4 heteroatoms. The van der Waals surface area contributed by atoms with Gasteiger partial charge in [-0.15, -0.1) is 0 Å². The monoisotopic (exact) mass is 257 g/mol. The summed E-state index contributed by atoms with van der Waals surface area (Å²) in [6.07, 6.45) is 1.80. The third kappa shape index (κ3) is 2.92. The molecule has 0 amide bonds. The third-order valence-corrected chi connectivity index (χ3v) is 3.21. The van der Waals surface area contributed by atoms with Gasteiger partial charge in [0.05, 0.1) is 13.2 Å². The lowest BCUT2D eigenvalue weighted by molar-refractivity contribution is 0.414. The molecule has 1 unspecified atom stereocenters. The molecule has 0 saturated carbocycles. The number of aryl methyl sites for hydroxylation is 2. The first-order valence-corrected chi connectivity index (χ1v) is 6.19. The van der Waals surface area contributed by atoms with Crippen LogP contribution in [0.5, 0.6) is 5.75 Å². The molecule has 0 fully saturated rings. The summed E-state index contributed by atoms with van der Waals surface area (Å²) in [5.74, 6) is 6.57. The molecule has 3 N–H and O–H groups in total. The number of methoxy groups -OCH3 is 1. The van der Waals surface area contributed by atoms with Crippen molar-refractivity contribution in [3.05, 3.63) is 58.9 Å². The normalized spacial score (nSPS) is 12.2. The zero-order valence-electron chi connectivity index (χ0n) is 11.5. The van der Waals surface area contributed by atoms with Crippen molar-refractivity contribution in [3.8, 4) is 5.75 Å². The van der Waals surface area contributed by atoms with Crippen molar-refractivity contribution in [2.45, 2.75) is 19.9 Å². The van der Waals surface area contributed by atoms with Gasteiger partial charge < -0.3 is 4.74 Å². The maximum Gasteiger partial charge on any atom is 0.119 e. The average Bonchev–Trinajstić information content (AvgIpc) is 2.41. The van der Waals surface area contributed by atoms with Gasteiger partial charge in [-0.25, -0.2) is 5.43 Å². The molecule has 2 rings (SSSR count). The number of nitrogens with zero attached hydrogens (tertiary/aromatic N) is 1. The van der Waals surface area contributed by atoms with Gasteiger partial charge >= 0.3 is 0 Å². The molecule has 2 aromatic rings. The van der Waals surface area contributed by atoms with E-state index in [4.69, 9.17) is 10.6 Å². The molecule has 1 aromatic heterocycles. The largest absolute Gasteiger partial charge is 0.497 e. The number of rotatable bonds is 4. The van der Waals surface area contributed by atoms with E-state index in [1.165, 1.54) is 0 Å². The highest BCUT2D eigenvalue weighted by atomic mass is 16.5. The number of hydrazine groups is 1. The summed E-state index contributed by atoms with van der Waals surface area (Å²) < 4.78 is 5.23. The van der Waals surface area contributed by atoms with Gasteiger partial charge in [0.25, 0.3) is 0 Å². The van der Waals surface area contributed by atoms with Crippen LogP contribution >= 0.6 is 0 Å². The number of nitrogens with one attached hydrogen (secondary N) is 1. The topological polar surface area (TPSA) is 60.2 Å². The second-order valence-electron chi connectivity index (χ2n) is 4.55. The molecule has 0 saturated heterocycles. The molecular formula is C15H19N3O. The van der Waals surface area contributed by atoms with Gasteiger partial charge in [-0.05, 0) is 54.8 Å². The van der Waals surface area contributed by atoms with Crippen LogP contribution in [0.1, 0.15) is 28.4 Å². The van der Waals surface area contributed by atoms with E-state index in [-0.39, 0.29) is 6.04 Å². The van der Waals surface area contributed by atoms with Crippen molar-refractivity contribution < 1.29 is 4.74 Å². The first-order valence-electron chi connectivity index (χ1n) is 6.19. The number of ether oxygens (including phenoxy) is 1. The molecule has 0 spiro atoms. The van der Waals surface area contributed by atoms with Crippen LogP contribution in [0, 0.1) is 13.8 Å². The first kappa shape index (κ1) is 13.5. The molecule has 0 aliphatic heterocycles. The zero-order valence-corrected chi connectivity index (χ0v) is 11.5. The smallest absolute Gasteiger partial charge is 0.119 e. The van der Waals surface area contributed by atoms with E-state index in [9.17, 15) is 0 Å². The van der Waals surface area contributed by atoms with Crippen molar-refractivity contribution in [3.63, 3.8) is 0 Å². The summed E-state index contributed by atoms with van der Waals surface area (Å²) in [5.41, 5.74) is 7.22. The van der Waals surface area contributed by atoms with E-state index in [0.717, 1.165) is 28.1 Å². The highest BCUT2D eigenvalue weighted by molar-refractivity contribution is 5.41. The Kier molecular flexibility index (Phi) is 4.14. The quantitative estimate of drug-likeness (QED) is 0.651. The minimum Gasteiger partial charge on any atom is -0.497 e. The first-order chi connectivity index (χ1) is 9.15. The number of hydrogen-bond donors (Lipinski definition) is 2. The van der Waals surface area contributed by atoms with Crippen LogP contribution in [0.4, 0.5) is 0 Å². The summed E-state index contributed by atoms with van der Waals surface area (Å²) in [6.45, 7) is 4.02. The lowest BCUT2D eigenvalue weighted by Crippen LogP contribution is -2.29. The Balaban J connectivity index is 2.42. The van der Waals surface area contributed by atoms with Gasteiger partial charge in [-0.2, -0.15) is 0 Å². The van der Waals surface area contributed by atoms with Crippen molar-refractivity contribution in [2.24, 2.45) is 5.84 Å². The zero-order chi connectivity index (χ0) is 13.8. The molecule has 0 bridgehead atoms. The Hall–Kier alpha value is -1.91. The second kappa shape index (κ2) is 5.82. The third-order valence-electron chi connectivity index (χ3n) is 3.21. The molecule has 1 heterocycles. The van der Waals surface area contributed by atoms with Crippen LogP contribution in [-0.4, -0.2) is 12.1 Å². The average molecular weight is 257 g/mol. The van der Waals surface area contributed by atoms with Gasteiger partial charge in [0.2, 0.25) is 0 Å². The predicted octanol–water partition coefficient (Wildman–Crippen LogP) is 2.26. The van der Waals surface area contributed by atoms with Crippen LogP contribution < -0.4 is 16.0 Å². The van der Waals surface area contributed by atoms with Crippen molar-refractivity contribution in [1.82, 2.24) is 10.4 Å². The molecule has 4 nitrogen and oxygen atoms in total. The van der Waals surface area contributed by atoms with Gasteiger partial charge in [-0.3, -0.25) is 10.8 Å². The molecule has 1 atom stereocenters. The van der Waals surface area contributed by atoms with Gasteiger partial charge in [0, 0.05) is 11.9 Å². The Bertz CT molecular complexity index is 569. The Morgan fingerprint density at radius 3 is 2.58 bits per heavy atom. The maximum absolute atomic E-state index is 5.72. The second-order valence-corrected chi connectivity index (χ2v) is 4.55. The summed E-state index contributed by atoms with van der Waals surface area (Å²) in [6, 6.07) is 9.95. The van der Waals surface area contributed by atoms with E-state index in [2.05, 4.69) is 17.3 Å². The molecule has 19 heavy (non-hydrogen) atoms. The Labute approximate surface area is 113 Å². The molecule has 1 aromatic carbocycles. The van der Waals surface area contributed by atoms with Gasteiger partial charge in [0.1, 0.15) is 5.75 Å². The van der Waals surface area contributed by atoms with Gasteiger partial charge in [-0.1, -0.05) is 6.07 Å². The minimum absolute atomic E-state index is 0.0485. The van der Waals surface area contributed by atoms with Crippen LogP contribution in [-0.2, 0) is 0 Å². The van der Waals surface area contributed by atoms with Crippen LogP contribution in [0.15, 0.2) is 36.5 Å². The minimum atomic E-state index is -0.0485. The number of pyridine rings is 1. The van der Waals surface area contributed by atoms with E-state index >= 15 is 0 Å². The highest BCUT2D eigenvalue weighted by Gasteiger charge is 2.15. The number of hydrogen-bond acceptors (Lipinski definition) is 4. The summed E-state index contributed by atoms with van der Waals surface area (Å²) in [4.78, 5) is 4.21. The molecule has 100 valence electrons.